The van der Waals surface area contributed by atoms with E-state index in [0.717, 1.165) is 31.2 Å². The van der Waals surface area contributed by atoms with E-state index in [4.69, 9.17) is 4.74 Å². The molecular weight excluding hydrogens is 510 g/mol. The Morgan fingerprint density at radius 2 is 1.82 bits per heavy atom. The highest BCUT2D eigenvalue weighted by Crippen LogP contribution is 2.36. The Balaban J connectivity index is 1.47. The summed E-state index contributed by atoms with van der Waals surface area (Å²) < 4.78 is 5.73. The van der Waals surface area contributed by atoms with Gasteiger partial charge in [-0.15, -0.1) is 0 Å². The zero-order chi connectivity index (χ0) is 28.3. The van der Waals surface area contributed by atoms with Crippen molar-refractivity contribution in [2.24, 2.45) is 11.3 Å². The summed E-state index contributed by atoms with van der Waals surface area (Å²) in [7, 11) is 1.76. The molecule has 2 N–H and O–H groups in total. The molecule has 4 rings (SSSR count). The molecule has 2 aliphatic heterocycles. The number of nitrogens with one attached hydrogen (secondary N) is 2. The molecule has 0 bridgehead atoms. The van der Waals surface area contributed by atoms with Crippen molar-refractivity contribution in [2.75, 3.05) is 13.6 Å². The van der Waals surface area contributed by atoms with Crippen LogP contribution >= 0.6 is 11.8 Å². The van der Waals surface area contributed by atoms with Crippen LogP contribution < -0.4 is 10.6 Å². The lowest BCUT2D eigenvalue weighted by atomic mass is 9.86. The van der Waals surface area contributed by atoms with Crippen LogP contribution in [0.2, 0.25) is 0 Å². The van der Waals surface area contributed by atoms with Crippen LogP contribution in [0.1, 0.15) is 83.9 Å². The van der Waals surface area contributed by atoms with Crippen molar-refractivity contribution in [3.05, 3.63) is 52.4 Å². The maximum Gasteiger partial charge on any atom is 0.309 e. The minimum Gasteiger partial charge on any atom is -0.460 e. The zero-order valence-electron chi connectivity index (χ0n) is 24.1. The number of amides is 2. The van der Waals surface area contributed by atoms with E-state index in [-0.39, 0.29) is 41.7 Å². The number of likely N-dealkylation sites (tertiary alicyclic amines) is 1. The first kappa shape index (κ1) is 29.4. The maximum absolute atomic E-state index is 13.6. The molecule has 212 valence electrons. The van der Waals surface area contributed by atoms with Gasteiger partial charge in [0.25, 0.3) is 0 Å². The third-order valence-corrected chi connectivity index (χ3v) is 8.98. The number of likely N-dealkylation sites (N-methyl/N-ethyl adjacent to an activating group) is 1. The second-order valence-corrected chi connectivity index (χ2v) is 13.1. The van der Waals surface area contributed by atoms with Crippen LogP contribution in [0.15, 0.2) is 41.3 Å². The zero-order valence-corrected chi connectivity index (χ0v) is 24.9. The minimum atomic E-state index is -0.698. The van der Waals surface area contributed by atoms with Gasteiger partial charge in [0.05, 0.1) is 24.5 Å². The average molecular weight is 554 g/mol. The van der Waals surface area contributed by atoms with E-state index < -0.39 is 18.2 Å². The van der Waals surface area contributed by atoms with E-state index in [9.17, 15) is 14.4 Å². The van der Waals surface area contributed by atoms with Crippen LogP contribution in [-0.4, -0.2) is 54.5 Å². The summed E-state index contributed by atoms with van der Waals surface area (Å²) in [5.74, 6) is -0.616. The lowest BCUT2D eigenvalue weighted by Crippen LogP contribution is -2.56. The molecule has 3 aliphatic rings. The molecule has 4 atom stereocenters. The monoisotopic (exact) mass is 553 g/mol. The predicted molar refractivity (Wildman–Crippen MR) is 157 cm³/mol. The van der Waals surface area contributed by atoms with Crippen LogP contribution in [0.5, 0.6) is 0 Å². The van der Waals surface area contributed by atoms with Crippen LogP contribution in [0.3, 0.4) is 0 Å². The van der Waals surface area contributed by atoms with E-state index in [1.807, 2.05) is 27.7 Å². The lowest BCUT2D eigenvalue weighted by molar-refractivity contribution is -0.151. The summed E-state index contributed by atoms with van der Waals surface area (Å²) in [4.78, 5) is 42.5. The van der Waals surface area contributed by atoms with Crippen molar-refractivity contribution in [1.82, 2.24) is 15.5 Å². The van der Waals surface area contributed by atoms with Gasteiger partial charge in [-0.05, 0) is 68.5 Å². The number of ether oxygens (including phenoxy) is 1. The van der Waals surface area contributed by atoms with E-state index >= 15 is 0 Å². The van der Waals surface area contributed by atoms with Crippen molar-refractivity contribution >= 4 is 34.5 Å². The number of allylic oxidation sites excluding steroid dienone is 2. The van der Waals surface area contributed by atoms with Gasteiger partial charge in [0.2, 0.25) is 11.8 Å². The lowest BCUT2D eigenvalue weighted by Gasteiger charge is -2.34. The maximum atomic E-state index is 13.6. The van der Waals surface area contributed by atoms with E-state index in [0.29, 0.717) is 6.42 Å². The Morgan fingerprint density at radius 3 is 2.44 bits per heavy atom. The smallest absolute Gasteiger partial charge is 0.309 e. The summed E-state index contributed by atoms with van der Waals surface area (Å²) in [6, 6.07) is 6.94. The molecule has 1 aromatic carbocycles. The molecule has 7 nitrogen and oxygen atoms in total. The van der Waals surface area contributed by atoms with Gasteiger partial charge in [0.15, 0.2) is 0 Å². The third kappa shape index (κ3) is 7.14. The fourth-order valence-electron chi connectivity index (χ4n) is 5.38. The molecule has 0 unspecified atom stereocenters. The number of thioether (sulfide) groups is 1. The van der Waals surface area contributed by atoms with Gasteiger partial charge in [-0.1, -0.05) is 68.4 Å². The van der Waals surface area contributed by atoms with Gasteiger partial charge in [0, 0.05) is 11.3 Å². The van der Waals surface area contributed by atoms with E-state index in [2.05, 4.69) is 53.3 Å². The molecule has 0 aromatic heterocycles. The SMILES string of the molecule is CN[C@H](C(=O)N1C[C@H](OC(=O)C2CC2)C[C@H]1C(=O)N[C@@H](C)c1ccc(C2=C(C)CCC=CS2)cc1)C(C)(C)C. The van der Waals surface area contributed by atoms with Crippen LogP contribution in [-0.2, 0) is 19.1 Å². The largest absolute Gasteiger partial charge is 0.460 e. The van der Waals surface area contributed by atoms with Gasteiger partial charge in [0.1, 0.15) is 12.1 Å². The van der Waals surface area contributed by atoms with Crippen LogP contribution in [0, 0.1) is 11.3 Å². The van der Waals surface area contributed by atoms with Crippen molar-refractivity contribution in [3.63, 3.8) is 0 Å². The fourth-order valence-corrected chi connectivity index (χ4v) is 6.32. The predicted octanol–water partition coefficient (Wildman–Crippen LogP) is 5.19. The molecule has 8 heteroatoms. The first-order chi connectivity index (χ1) is 18.5. The highest BCUT2D eigenvalue weighted by Gasteiger charge is 2.46. The molecule has 2 amide bonds. The number of rotatable bonds is 8. The first-order valence-corrected chi connectivity index (χ1v) is 15.0. The number of carbonyl (C=O) groups excluding carboxylic acids is 3. The summed E-state index contributed by atoms with van der Waals surface area (Å²) in [5, 5.41) is 8.41. The van der Waals surface area contributed by atoms with Gasteiger partial charge >= 0.3 is 5.97 Å². The molecule has 1 aromatic rings. The van der Waals surface area contributed by atoms with Crippen LogP contribution in [0.25, 0.3) is 4.91 Å². The topological polar surface area (TPSA) is 87.7 Å². The fraction of sp³-hybridized carbons (Fsp3) is 0.581. The molecule has 1 saturated carbocycles. The molecule has 2 fully saturated rings. The second kappa shape index (κ2) is 12.3. The Labute approximate surface area is 237 Å². The Kier molecular flexibility index (Phi) is 9.27. The molecule has 1 saturated heterocycles. The summed E-state index contributed by atoms with van der Waals surface area (Å²) in [6.45, 7) is 10.4. The molecule has 1 aliphatic carbocycles. The summed E-state index contributed by atoms with van der Waals surface area (Å²) >= 11 is 1.76. The highest BCUT2D eigenvalue weighted by atomic mass is 32.2. The minimum absolute atomic E-state index is 0.0309. The normalized spacial score (nSPS) is 23.3. The van der Waals surface area contributed by atoms with Gasteiger partial charge in [-0.3, -0.25) is 14.4 Å². The average Bonchev–Trinajstić information content (AvgIpc) is 3.68. The Morgan fingerprint density at radius 1 is 1.13 bits per heavy atom. The van der Waals surface area contributed by atoms with Crippen molar-refractivity contribution in [3.8, 4) is 0 Å². The van der Waals surface area contributed by atoms with Crippen molar-refractivity contribution in [2.45, 2.75) is 91.0 Å². The highest BCUT2D eigenvalue weighted by molar-refractivity contribution is 8.11. The standard InChI is InChI=1S/C31H43N3O4S/c1-19-9-7-8-16-39-26(19)22-12-10-21(11-13-22)20(2)33-28(35)25-17-24(38-30(37)23-14-15-23)18-34(25)29(36)27(32-6)31(3,4)5/h8,10-13,16,20,23-25,27,32H,7,9,14-15,17-18H2,1-6H3,(H,33,35)/t20-,24+,25-,27+/m0/s1. The van der Waals surface area contributed by atoms with E-state index in [1.54, 1.807) is 23.7 Å². The number of hydrogen-bond acceptors (Lipinski definition) is 6. The number of esters is 1. The number of carbonyl (C=O) groups is 3. The number of hydrogen-bond donors (Lipinski definition) is 2. The van der Waals surface area contributed by atoms with Gasteiger partial charge in [-0.2, -0.15) is 0 Å². The Bertz CT molecular complexity index is 1130. The molecule has 0 spiro atoms. The van der Waals surface area contributed by atoms with Crippen LogP contribution in [0.4, 0.5) is 0 Å². The molecular formula is C31H43N3O4S. The van der Waals surface area contributed by atoms with Gasteiger partial charge in [-0.25, -0.2) is 0 Å². The Hall–Kier alpha value is -2.58. The van der Waals surface area contributed by atoms with Crippen molar-refractivity contribution in [1.29, 1.82) is 0 Å². The quantitative estimate of drug-likeness (QED) is 0.431. The van der Waals surface area contributed by atoms with E-state index in [1.165, 1.54) is 16.0 Å². The summed E-state index contributed by atoms with van der Waals surface area (Å²) in [6.07, 6.45) is 5.87. The number of nitrogens with zero attached hydrogens (tertiary/aromatic N) is 1. The first-order valence-electron chi connectivity index (χ1n) is 14.1. The van der Waals surface area contributed by atoms with Crippen molar-refractivity contribution < 1.29 is 19.1 Å². The molecule has 0 radical (unpaired) electrons. The van der Waals surface area contributed by atoms with Gasteiger partial charge < -0.3 is 20.3 Å². The summed E-state index contributed by atoms with van der Waals surface area (Å²) in [5.41, 5.74) is 3.22. The third-order valence-electron chi connectivity index (χ3n) is 7.83. The molecule has 2 heterocycles. The second-order valence-electron chi connectivity index (χ2n) is 12.2. The number of benzene rings is 1. The molecule has 39 heavy (non-hydrogen) atoms.